The van der Waals surface area contributed by atoms with E-state index in [1.54, 1.807) is 34.2 Å². The Labute approximate surface area is 175 Å². The maximum atomic E-state index is 13.1. The minimum absolute atomic E-state index is 0.0463. The van der Waals surface area contributed by atoms with Gasteiger partial charge in [0.25, 0.3) is 5.91 Å². The second-order valence-corrected chi connectivity index (χ2v) is 7.83. The number of benzene rings is 1. The van der Waals surface area contributed by atoms with Crippen LogP contribution in [0.5, 0.6) is 0 Å². The lowest BCUT2D eigenvalue weighted by Gasteiger charge is -2.36. The van der Waals surface area contributed by atoms with E-state index in [2.05, 4.69) is 15.2 Å². The minimum Gasteiger partial charge on any atom is -0.368 e. The normalized spacial score (nSPS) is 19.1. The molecule has 1 atom stereocenters. The molecule has 0 saturated carbocycles. The number of likely N-dealkylation sites (tertiary alicyclic amines) is 1. The van der Waals surface area contributed by atoms with Crippen LogP contribution in [0.1, 0.15) is 22.5 Å². The summed E-state index contributed by atoms with van der Waals surface area (Å²) in [5, 5.41) is 3.07. The van der Waals surface area contributed by atoms with Crippen molar-refractivity contribution in [2.45, 2.75) is 19.4 Å². The minimum atomic E-state index is -0.250. The summed E-state index contributed by atoms with van der Waals surface area (Å²) in [6, 6.07) is 9.91. The van der Waals surface area contributed by atoms with E-state index in [1.807, 2.05) is 13.0 Å². The molecule has 0 radical (unpaired) electrons. The second-order valence-electron chi connectivity index (χ2n) is 7.83. The van der Waals surface area contributed by atoms with Gasteiger partial charge in [-0.25, -0.2) is 9.18 Å². The van der Waals surface area contributed by atoms with Crippen LogP contribution in [0.25, 0.3) is 0 Å². The number of rotatable bonds is 3. The number of carbonyl (C=O) groups is 2. The highest BCUT2D eigenvalue weighted by Gasteiger charge is 2.30. The summed E-state index contributed by atoms with van der Waals surface area (Å²) >= 11 is 0. The predicted molar refractivity (Wildman–Crippen MR) is 112 cm³/mol. The van der Waals surface area contributed by atoms with Gasteiger partial charge in [-0.05, 0) is 49.7 Å². The molecular weight excluding hydrogens is 385 g/mol. The second kappa shape index (κ2) is 8.69. The van der Waals surface area contributed by atoms with Gasteiger partial charge in [-0.2, -0.15) is 0 Å². The highest BCUT2D eigenvalue weighted by atomic mass is 19.1. The van der Waals surface area contributed by atoms with E-state index in [-0.39, 0.29) is 23.8 Å². The monoisotopic (exact) mass is 411 g/mol. The molecule has 158 valence electrons. The fraction of sp³-hybridized carbons (Fsp3) is 0.409. The van der Waals surface area contributed by atoms with Crippen molar-refractivity contribution in [1.82, 2.24) is 20.1 Å². The van der Waals surface area contributed by atoms with E-state index in [4.69, 9.17) is 0 Å². The number of amides is 3. The number of carbonyl (C=O) groups excluding carboxylic acids is 2. The Hall–Kier alpha value is -3.16. The number of halogens is 1. The van der Waals surface area contributed by atoms with Gasteiger partial charge in [0.2, 0.25) is 0 Å². The molecule has 3 amide bonds. The molecule has 3 heterocycles. The van der Waals surface area contributed by atoms with Gasteiger partial charge in [0.15, 0.2) is 0 Å². The lowest BCUT2D eigenvalue weighted by molar-refractivity contribution is 0.0788. The van der Waals surface area contributed by atoms with Crippen LogP contribution in [0.4, 0.5) is 14.9 Å². The Balaban J connectivity index is 1.25. The van der Waals surface area contributed by atoms with Crippen molar-refractivity contribution in [3.05, 3.63) is 59.7 Å². The molecule has 2 aromatic rings. The summed E-state index contributed by atoms with van der Waals surface area (Å²) in [5.74, 6) is -0.299. The topological polar surface area (TPSA) is 68.8 Å². The quantitative estimate of drug-likeness (QED) is 0.842. The standard InChI is InChI=1S/C22H26FN5O2/c1-16-2-3-17(14-24-16)21(29)28-9-8-19(15-28)25-22(30)27-12-10-26(11-13-27)20-6-4-18(23)5-7-20/h2-7,14,19H,8-13,15H2,1H3,(H,25,30)/t19-/m1/s1. The van der Waals surface area contributed by atoms with E-state index in [9.17, 15) is 14.0 Å². The summed E-state index contributed by atoms with van der Waals surface area (Å²) in [4.78, 5) is 35.2. The van der Waals surface area contributed by atoms with Gasteiger partial charge >= 0.3 is 6.03 Å². The molecule has 2 aliphatic rings. The van der Waals surface area contributed by atoms with Crippen LogP contribution in [0.2, 0.25) is 0 Å². The predicted octanol–water partition coefficient (Wildman–Crippen LogP) is 2.28. The third-order valence-electron chi connectivity index (χ3n) is 5.72. The molecule has 4 rings (SSSR count). The van der Waals surface area contributed by atoms with E-state index >= 15 is 0 Å². The first kappa shape index (κ1) is 20.1. The molecule has 1 N–H and O–H groups in total. The molecule has 2 aliphatic heterocycles. The lowest BCUT2D eigenvalue weighted by atomic mass is 10.2. The molecule has 0 unspecified atom stereocenters. The van der Waals surface area contributed by atoms with Crippen molar-refractivity contribution in [3.8, 4) is 0 Å². The molecule has 1 aromatic carbocycles. The average molecular weight is 411 g/mol. The molecule has 0 bridgehead atoms. The number of pyridine rings is 1. The van der Waals surface area contributed by atoms with Crippen LogP contribution in [0.3, 0.4) is 0 Å². The van der Waals surface area contributed by atoms with E-state index in [0.29, 0.717) is 44.8 Å². The van der Waals surface area contributed by atoms with Crippen LogP contribution < -0.4 is 10.2 Å². The summed E-state index contributed by atoms with van der Waals surface area (Å²) in [7, 11) is 0. The first-order valence-electron chi connectivity index (χ1n) is 10.3. The zero-order valence-electron chi connectivity index (χ0n) is 17.1. The highest BCUT2D eigenvalue weighted by Crippen LogP contribution is 2.18. The fourth-order valence-electron chi connectivity index (χ4n) is 3.92. The molecule has 8 heteroatoms. The largest absolute Gasteiger partial charge is 0.368 e. The maximum Gasteiger partial charge on any atom is 0.317 e. The van der Waals surface area contributed by atoms with Gasteiger partial charge in [0, 0.05) is 62.9 Å². The number of piperazine rings is 1. The number of aryl methyl sites for hydroxylation is 1. The van der Waals surface area contributed by atoms with Crippen molar-refractivity contribution in [2.75, 3.05) is 44.2 Å². The Morgan fingerprint density at radius 3 is 2.40 bits per heavy atom. The van der Waals surface area contributed by atoms with Crippen LogP contribution in [-0.4, -0.2) is 72.0 Å². The molecule has 0 aliphatic carbocycles. The Bertz CT molecular complexity index is 895. The highest BCUT2D eigenvalue weighted by molar-refractivity contribution is 5.94. The van der Waals surface area contributed by atoms with Crippen molar-refractivity contribution >= 4 is 17.6 Å². The van der Waals surface area contributed by atoms with Gasteiger partial charge < -0.3 is 20.0 Å². The van der Waals surface area contributed by atoms with Crippen LogP contribution in [0.15, 0.2) is 42.6 Å². The number of anilines is 1. The van der Waals surface area contributed by atoms with Gasteiger partial charge in [-0.1, -0.05) is 0 Å². The Morgan fingerprint density at radius 1 is 1.00 bits per heavy atom. The molecule has 30 heavy (non-hydrogen) atoms. The number of nitrogens with one attached hydrogen (secondary N) is 1. The maximum absolute atomic E-state index is 13.1. The number of hydrogen-bond acceptors (Lipinski definition) is 4. The first-order chi connectivity index (χ1) is 14.5. The van der Waals surface area contributed by atoms with Crippen molar-refractivity contribution in [2.24, 2.45) is 0 Å². The number of nitrogens with zero attached hydrogens (tertiary/aromatic N) is 4. The molecule has 0 spiro atoms. The SMILES string of the molecule is Cc1ccc(C(=O)N2CC[C@@H](NC(=O)N3CCN(c4ccc(F)cc4)CC3)C2)cn1. The van der Waals surface area contributed by atoms with Crippen LogP contribution in [0, 0.1) is 12.7 Å². The average Bonchev–Trinajstić information content (AvgIpc) is 3.23. The zero-order chi connectivity index (χ0) is 21.1. The smallest absolute Gasteiger partial charge is 0.317 e. The number of urea groups is 1. The fourth-order valence-corrected chi connectivity index (χ4v) is 3.92. The van der Waals surface area contributed by atoms with E-state index in [0.717, 1.165) is 17.8 Å². The number of aromatic nitrogens is 1. The summed E-state index contributed by atoms with van der Waals surface area (Å²) in [6.07, 6.45) is 2.34. The zero-order valence-corrected chi connectivity index (χ0v) is 17.1. The third-order valence-corrected chi connectivity index (χ3v) is 5.72. The van der Waals surface area contributed by atoms with E-state index < -0.39 is 0 Å². The summed E-state index contributed by atoms with van der Waals surface area (Å²) in [5.41, 5.74) is 2.41. The van der Waals surface area contributed by atoms with E-state index in [1.165, 1.54) is 12.1 Å². The third kappa shape index (κ3) is 4.53. The molecule has 7 nitrogen and oxygen atoms in total. The Morgan fingerprint density at radius 2 is 1.73 bits per heavy atom. The molecule has 2 fully saturated rings. The Kier molecular flexibility index (Phi) is 5.83. The van der Waals surface area contributed by atoms with Crippen LogP contribution in [-0.2, 0) is 0 Å². The van der Waals surface area contributed by atoms with Crippen LogP contribution >= 0.6 is 0 Å². The van der Waals surface area contributed by atoms with Gasteiger partial charge in [-0.3, -0.25) is 9.78 Å². The molecular formula is C22H26FN5O2. The van der Waals surface area contributed by atoms with Gasteiger partial charge in [-0.15, -0.1) is 0 Å². The van der Waals surface area contributed by atoms with Crippen molar-refractivity contribution < 1.29 is 14.0 Å². The summed E-state index contributed by atoms with van der Waals surface area (Å²) < 4.78 is 13.1. The molecule has 1 aromatic heterocycles. The van der Waals surface area contributed by atoms with Crippen molar-refractivity contribution in [3.63, 3.8) is 0 Å². The van der Waals surface area contributed by atoms with Crippen molar-refractivity contribution in [1.29, 1.82) is 0 Å². The van der Waals surface area contributed by atoms with Gasteiger partial charge in [0.05, 0.1) is 5.56 Å². The first-order valence-corrected chi connectivity index (χ1v) is 10.3. The summed E-state index contributed by atoms with van der Waals surface area (Å²) in [6.45, 7) is 5.63. The number of hydrogen-bond donors (Lipinski definition) is 1. The lowest BCUT2D eigenvalue weighted by Crippen LogP contribution is -2.54. The van der Waals surface area contributed by atoms with Gasteiger partial charge in [0.1, 0.15) is 5.82 Å². The molecule has 2 saturated heterocycles.